The van der Waals surface area contributed by atoms with Crippen molar-refractivity contribution >= 4 is 32.8 Å². The van der Waals surface area contributed by atoms with Gasteiger partial charge in [0, 0.05) is 16.1 Å². The number of aromatic nitrogens is 2. The zero-order valence-electron chi connectivity index (χ0n) is 7.82. The number of nitrogens with two attached hydrogens (primary N) is 1. The molecule has 0 amide bonds. The average molecular weight is 290 g/mol. The zero-order chi connectivity index (χ0) is 11.7. The smallest absolute Gasteiger partial charge is 0.387 e. The number of anilines is 1. The highest BCUT2D eigenvalue weighted by Crippen LogP contribution is 2.30. The van der Waals surface area contributed by atoms with E-state index < -0.39 is 6.61 Å². The topological polar surface area (TPSA) is 61.0 Å². The van der Waals surface area contributed by atoms with Crippen LogP contribution < -0.4 is 10.5 Å². The van der Waals surface area contributed by atoms with E-state index in [0.717, 1.165) is 0 Å². The van der Waals surface area contributed by atoms with Gasteiger partial charge in [-0.2, -0.15) is 8.78 Å². The van der Waals surface area contributed by atoms with Crippen molar-refractivity contribution in [1.82, 2.24) is 9.97 Å². The average Bonchev–Trinajstić information content (AvgIpc) is 2.22. The van der Waals surface area contributed by atoms with E-state index >= 15 is 0 Å². The van der Waals surface area contributed by atoms with Crippen LogP contribution in [0.1, 0.15) is 0 Å². The maximum absolute atomic E-state index is 12.1. The molecule has 2 aromatic rings. The Balaban J connectivity index is 2.65. The van der Waals surface area contributed by atoms with Gasteiger partial charge in [-0.1, -0.05) is 15.9 Å². The van der Waals surface area contributed by atoms with E-state index in [-0.39, 0.29) is 17.2 Å². The maximum atomic E-state index is 12.1. The number of halogens is 3. The lowest BCUT2D eigenvalue weighted by Gasteiger charge is -2.08. The lowest BCUT2D eigenvalue weighted by Crippen LogP contribution is -2.04. The van der Waals surface area contributed by atoms with Crippen LogP contribution in [0.3, 0.4) is 0 Å². The Bertz CT molecular complexity index is 535. The molecule has 0 unspecified atom stereocenters. The number of nitrogen functional groups attached to an aromatic ring is 1. The second kappa shape index (κ2) is 4.17. The fourth-order valence-corrected chi connectivity index (χ4v) is 1.69. The fourth-order valence-electron chi connectivity index (χ4n) is 1.27. The van der Waals surface area contributed by atoms with Gasteiger partial charge < -0.3 is 10.5 Å². The fraction of sp³-hybridized carbons (Fsp3) is 0.111. The summed E-state index contributed by atoms with van der Waals surface area (Å²) in [5.41, 5.74) is 5.65. The first-order chi connectivity index (χ1) is 7.58. The normalized spacial score (nSPS) is 11.0. The van der Waals surface area contributed by atoms with Gasteiger partial charge in [0.1, 0.15) is 5.52 Å². The largest absolute Gasteiger partial charge is 0.432 e. The molecular weight excluding hydrogens is 284 g/mol. The number of fused-ring (bicyclic) bond motifs is 1. The summed E-state index contributed by atoms with van der Waals surface area (Å²) in [6.45, 7) is -2.90. The molecule has 0 aliphatic carbocycles. The van der Waals surface area contributed by atoms with Gasteiger partial charge in [0.15, 0.2) is 5.75 Å². The molecule has 2 rings (SSSR count). The number of ether oxygens (including phenoxy) is 1. The van der Waals surface area contributed by atoms with Crippen LogP contribution in [0.5, 0.6) is 5.75 Å². The predicted molar refractivity (Wildman–Crippen MR) is 58.3 cm³/mol. The molecule has 16 heavy (non-hydrogen) atoms. The van der Waals surface area contributed by atoms with E-state index in [2.05, 4.69) is 30.6 Å². The van der Waals surface area contributed by atoms with Crippen molar-refractivity contribution in [3.8, 4) is 5.75 Å². The molecule has 2 N–H and O–H groups in total. The summed E-state index contributed by atoms with van der Waals surface area (Å²) in [4.78, 5) is 7.65. The molecule has 0 fully saturated rings. The molecule has 0 bridgehead atoms. The Hall–Kier alpha value is -1.50. The molecule has 1 aromatic heterocycles. The zero-order valence-corrected chi connectivity index (χ0v) is 9.41. The van der Waals surface area contributed by atoms with E-state index in [1.165, 1.54) is 12.3 Å². The minimum Gasteiger partial charge on any atom is -0.432 e. The summed E-state index contributed by atoms with van der Waals surface area (Å²) >= 11 is 3.26. The molecule has 0 aliphatic heterocycles. The Morgan fingerprint density at radius 3 is 2.81 bits per heavy atom. The monoisotopic (exact) mass is 289 g/mol. The van der Waals surface area contributed by atoms with Crippen molar-refractivity contribution in [2.45, 2.75) is 6.61 Å². The Labute approximate surface area is 97.6 Å². The van der Waals surface area contributed by atoms with Crippen molar-refractivity contribution in [1.29, 1.82) is 0 Å². The minimum atomic E-state index is -2.90. The van der Waals surface area contributed by atoms with Crippen molar-refractivity contribution in [3.63, 3.8) is 0 Å². The van der Waals surface area contributed by atoms with E-state index in [0.29, 0.717) is 9.86 Å². The molecule has 4 nitrogen and oxygen atoms in total. The summed E-state index contributed by atoms with van der Waals surface area (Å²) in [6.07, 6.45) is 1.44. The highest BCUT2D eigenvalue weighted by atomic mass is 79.9. The third-order valence-electron chi connectivity index (χ3n) is 1.90. The van der Waals surface area contributed by atoms with Gasteiger partial charge in [-0.05, 0) is 12.1 Å². The highest BCUT2D eigenvalue weighted by Gasteiger charge is 2.12. The van der Waals surface area contributed by atoms with Gasteiger partial charge in [0.25, 0.3) is 0 Å². The number of alkyl halides is 2. The molecule has 0 aliphatic rings. The van der Waals surface area contributed by atoms with Crippen LogP contribution in [-0.2, 0) is 0 Å². The number of hydrogen-bond acceptors (Lipinski definition) is 4. The SMILES string of the molecule is Nc1ncc2c(Br)ccc(OC(F)F)c2n1. The van der Waals surface area contributed by atoms with Gasteiger partial charge in [-0.3, -0.25) is 0 Å². The predicted octanol–water partition coefficient (Wildman–Crippen LogP) is 2.58. The Kier molecular flexibility index (Phi) is 2.86. The van der Waals surface area contributed by atoms with Crippen LogP contribution in [0, 0.1) is 0 Å². The minimum absolute atomic E-state index is 0.00437. The van der Waals surface area contributed by atoms with Crippen molar-refractivity contribution in [2.24, 2.45) is 0 Å². The van der Waals surface area contributed by atoms with Crippen molar-refractivity contribution < 1.29 is 13.5 Å². The van der Waals surface area contributed by atoms with Crippen LogP contribution in [0.15, 0.2) is 22.8 Å². The van der Waals surface area contributed by atoms with Gasteiger partial charge in [0.2, 0.25) is 5.95 Å². The summed E-state index contributed by atoms with van der Waals surface area (Å²) in [5.74, 6) is -0.0213. The Morgan fingerprint density at radius 2 is 2.12 bits per heavy atom. The van der Waals surface area contributed by atoms with Crippen molar-refractivity contribution in [3.05, 3.63) is 22.8 Å². The number of rotatable bonds is 2. The second-order valence-corrected chi connectivity index (χ2v) is 3.77. The van der Waals surface area contributed by atoms with Crippen LogP contribution >= 0.6 is 15.9 Å². The Morgan fingerprint density at radius 1 is 1.38 bits per heavy atom. The van der Waals surface area contributed by atoms with Crippen LogP contribution in [0.25, 0.3) is 10.9 Å². The molecule has 1 heterocycles. The molecule has 0 spiro atoms. The van der Waals surface area contributed by atoms with Crippen molar-refractivity contribution in [2.75, 3.05) is 5.73 Å². The summed E-state index contributed by atoms with van der Waals surface area (Å²) in [5, 5.41) is 0.562. The van der Waals surface area contributed by atoms with E-state index in [4.69, 9.17) is 5.73 Å². The number of hydrogen-bond donors (Lipinski definition) is 1. The molecule has 0 radical (unpaired) electrons. The quantitative estimate of drug-likeness (QED) is 0.923. The van der Waals surface area contributed by atoms with Gasteiger partial charge in [-0.25, -0.2) is 9.97 Å². The number of benzene rings is 1. The molecule has 7 heteroatoms. The molecule has 84 valence electrons. The first kappa shape index (κ1) is 11.0. The van der Waals surface area contributed by atoms with Gasteiger partial charge in [0.05, 0.1) is 0 Å². The molecular formula is C9H6BrF2N3O. The molecule has 1 aromatic carbocycles. The van der Waals surface area contributed by atoms with Crippen LogP contribution in [0.2, 0.25) is 0 Å². The van der Waals surface area contributed by atoms with E-state index in [9.17, 15) is 8.78 Å². The summed E-state index contributed by atoms with van der Waals surface area (Å²) in [6, 6.07) is 2.98. The highest BCUT2D eigenvalue weighted by molar-refractivity contribution is 9.10. The summed E-state index contributed by atoms with van der Waals surface area (Å²) in [7, 11) is 0. The molecule has 0 saturated carbocycles. The van der Waals surface area contributed by atoms with Crippen LogP contribution in [0.4, 0.5) is 14.7 Å². The molecule has 0 saturated heterocycles. The molecule has 0 atom stereocenters. The first-order valence-corrected chi connectivity index (χ1v) is 5.03. The first-order valence-electron chi connectivity index (χ1n) is 4.23. The number of nitrogens with zero attached hydrogens (tertiary/aromatic N) is 2. The lowest BCUT2D eigenvalue weighted by atomic mass is 10.2. The third kappa shape index (κ3) is 2.04. The van der Waals surface area contributed by atoms with E-state index in [1.54, 1.807) is 6.07 Å². The second-order valence-electron chi connectivity index (χ2n) is 2.91. The summed E-state index contributed by atoms with van der Waals surface area (Å²) < 4.78 is 29.3. The maximum Gasteiger partial charge on any atom is 0.387 e. The van der Waals surface area contributed by atoms with Crippen LogP contribution in [-0.4, -0.2) is 16.6 Å². The van der Waals surface area contributed by atoms with E-state index in [1.807, 2.05) is 0 Å². The lowest BCUT2D eigenvalue weighted by molar-refractivity contribution is -0.0489. The van der Waals surface area contributed by atoms with Gasteiger partial charge >= 0.3 is 6.61 Å². The van der Waals surface area contributed by atoms with Gasteiger partial charge in [-0.15, -0.1) is 0 Å². The third-order valence-corrected chi connectivity index (χ3v) is 2.59. The standard InChI is InChI=1S/C9H6BrF2N3O/c10-5-1-2-6(16-8(11)12)7-4(5)3-14-9(13)15-7/h1-3,8H,(H2,13,14,15).